The number of piperidine rings is 1. The van der Waals surface area contributed by atoms with Gasteiger partial charge < -0.3 is 14.8 Å². The van der Waals surface area contributed by atoms with Crippen molar-refractivity contribution in [1.82, 2.24) is 14.8 Å². The number of para-hydroxylation sites is 1. The molecule has 0 radical (unpaired) electrons. The molecule has 1 aliphatic carbocycles. The van der Waals surface area contributed by atoms with Crippen LogP contribution in [0.2, 0.25) is 0 Å². The summed E-state index contributed by atoms with van der Waals surface area (Å²) in [4.78, 5) is 2.82. The van der Waals surface area contributed by atoms with Crippen molar-refractivity contribution in [3.63, 3.8) is 0 Å². The van der Waals surface area contributed by atoms with Crippen molar-refractivity contribution in [3.8, 4) is 0 Å². The number of nitrogens with zero attached hydrogens (tertiary/aromatic N) is 2. The van der Waals surface area contributed by atoms with Gasteiger partial charge in [0.1, 0.15) is 0 Å². The maximum absolute atomic E-state index is 3.37. The van der Waals surface area contributed by atoms with Gasteiger partial charge in [0.05, 0.1) is 0 Å². The fourth-order valence-electron chi connectivity index (χ4n) is 5.62. The van der Waals surface area contributed by atoms with Gasteiger partial charge in [0.2, 0.25) is 0 Å². The Labute approximate surface area is 165 Å². The van der Waals surface area contributed by atoms with E-state index in [1.54, 1.807) is 0 Å². The van der Waals surface area contributed by atoms with Gasteiger partial charge in [-0.2, -0.15) is 0 Å². The Hall–Kier alpha value is -1.32. The van der Waals surface area contributed by atoms with Crippen molar-refractivity contribution in [2.45, 2.75) is 71.0 Å². The lowest BCUT2D eigenvalue weighted by atomic mass is 9.79. The summed E-state index contributed by atoms with van der Waals surface area (Å²) in [7, 11) is 2.05. The summed E-state index contributed by atoms with van der Waals surface area (Å²) in [6.45, 7) is 8.30. The number of benzene rings is 1. The van der Waals surface area contributed by atoms with Crippen LogP contribution in [0.5, 0.6) is 0 Å². The number of aromatic nitrogens is 1. The third-order valence-corrected chi connectivity index (χ3v) is 7.25. The van der Waals surface area contributed by atoms with Crippen LogP contribution in [0, 0.1) is 11.8 Å². The first-order chi connectivity index (χ1) is 13.2. The molecular formula is C24H37N3. The molecule has 1 aromatic carbocycles. The number of likely N-dealkylation sites (tertiary alicyclic amines) is 1. The fraction of sp³-hybridized carbons (Fsp3) is 0.667. The highest BCUT2D eigenvalue weighted by Crippen LogP contribution is 2.36. The molecule has 1 N–H and O–H groups in total. The minimum atomic E-state index is 0.650. The quantitative estimate of drug-likeness (QED) is 0.782. The van der Waals surface area contributed by atoms with Crippen molar-refractivity contribution in [2.24, 2.45) is 11.8 Å². The molecule has 0 atom stereocenters. The highest BCUT2D eigenvalue weighted by Gasteiger charge is 2.31. The second kappa shape index (κ2) is 8.36. The van der Waals surface area contributed by atoms with E-state index in [1.807, 2.05) is 0 Å². The lowest BCUT2D eigenvalue weighted by molar-refractivity contribution is 0.0889. The van der Waals surface area contributed by atoms with Crippen LogP contribution in [0.15, 0.2) is 30.3 Å². The van der Waals surface area contributed by atoms with E-state index in [-0.39, 0.29) is 0 Å². The number of rotatable bonds is 5. The Kier molecular flexibility index (Phi) is 5.89. The van der Waals surface area contributed by atoms with E-state index in [4.69, 9.17) is 0 Å². The summed E-state index contributed by atoms with van der Waals surface area (Å²) in [5.41, 5.74) is 2.85. The minimum absolute atomic E-state index is 0.650. The van der Waals surface area contributed by atoms with E-state index in [0.717, 1.165) is 24.4 Å². The van der Waals surface area contributed by atoms with Crippen LogP contribution in [0.3, 0.4) is 0 Å². The predicted octanol–water partition coefficient (Wildman–Crippen LogP) is 5.21. The molecule has 27 heavy (non-hydrogen) atoms. The van der Waals surface area contributed by atoms with E-state index < -0.39 is 0 Å². The summed E-state index contributed by atoms with van der Waals surface area (Å²) in [6.07, 6.45) is 8.31. The predicted molar refractivity (Wildman–Crippen MR) is 115 cm³/mol. The first kappa shape index (κ1) is 19.0. The third kappa shape index (κ3) is 3.95. The van der Waals surface area contributed by atoms with Crippen molar-refractivity contribution in [1.29, 1.82) is 0 Å². The molecule has 4 rings (SSSR count). The van der Waals surface area contributed by atoms with Crippen molar-refractivity contribution in [2.75, 3.05) is 20.1 Å². The highest BCUT2D eigenvalue weighted by molar-refractivity contribution is 5.81. The Morgan fingerprint density at radius 1 is 0.963 bits per heavy atom. The maximum Gasteiger partial charge on any atom is 0.0485 e. The number of fused-ring (bicyclic) bond motifs is 1. The molecule has 148 valence electrons. The molecule has 0 bridgehead atoms. The first-order valence-electron chi connectivity index (χ1n) is 11.1. The normalized spacial score (nSPS) is 25.5. The highest BCUT2D eigenvalue weighted by atomic mass is 15.2. The Balaban J connectivity index is 1.43. The second-order valence-corrected chi connectivity index (χ2v) is 9.17. The lowest BCUT2D eigenvalue weighted by Gasteiger charge is -2.42. The SMILES string of the molecule is CNCc1cc2ccccc2n1C1CCN(C2CCC(C(C)C)CC2)CC1. The zero-order valence-electron chi connectivity index (χ0n) is 17.5. The molecule has 0 spiro atoms. The van der Waals surface area contributed by atoms with Gasteiger partial charge in [-0.25, -0.2) is 0 Å². The molecule has 1 saturated heterocycles. The van der Waals surface area contributed by atoms with Gasteiger partial charge in [0.25, 0.3) is 0 Å². The Morgan fingerprint density at radius 3 is 2.33 bits per heavy atom. The van der Waals surface area contributed by atoms with Gasteiger partial charge in [-0.05, 0) is 74.9 Å². The Bertz CT molecular complexity index is 731. The number of hydrogen-bond donors (Lipinski definition) is 1. The summed E-state index contributed by atoms with van der Waals surface area (Å²) in [5.74, 6) is 1.83. The van der Waals surface area contributed by atoms with Gasteiger partial charge in [-0.1, -0.05) is 32.0 Å². The maximum atomic E-state index is 3.37. The van der Waals surface area contributed by atoms with Crippen LogP contribution in [0.25, 0.3) is 10.9 Å². The molecule has 1 aliphatic heterocycles. The zero-order chi connectivity index (χ0) is 18.8. The second-order valence-electron chi connectivity index (χ2n) is 9.17. The first-order valence-corrected chi connectivity index (χ1v) is 11.1. The van der Waals surface area contributed by atoms with Crippen molar-refractivity contribution in [3.05, 3.63) is 36.0 Å². The number of hydrogen-bond acceptors (Lipinski definition) is 2. The smallest absolute Gasteiger partial charge is 0.0485 e. The topological polar surface area (TPSA) is 20.2 Å². The molecule has 2 aliphatic rings. The fourth-order valence-corrected chi connectivity index (χ4v) is 5.62. The van der Waals surface area contributed by atoms with E-state index >= 15 is 0 Å². The van der Waals surface area contributed by atoms with E-state index in [0.29, 0.717) is 6.04 Å². The van der Waals surface area contributed by atoms with Crippen LogP contribution in [0.4, 0.5) is 0 Å². The van der Waals surface area contributed by atoms with E-state index in [1.165, 1.54) is 68.2 Å². The van der Waals surface area contributed by atoms with Gasteiger partial charge in [-0.3, -0.25) is 0 Å². The molecule has 2 fully saturated rings. The van der Waals surface area contributed by atoms with Crippen LogP contribution < -0.4 is 5.32 Å². The summed E-state index contributed by atoms with van der Waals surface area (Å²) in [5, 5.41) is 4.75. The van der Waals surface area contributed by atoms with Crippen molar-refractivity contribution < 1.29 is 0 Å². The van der Waals surface area contributed by atoms with Crippen LogP contribution >= 0.6 is 0 Å². The molecule has 0 unspecified atom stereocenters. The van der Waals surface area contributed by atoms with Crippen LogP contribution in [-0.4, -0.2) is 35.6 Å². The van der Waals surface area contributed by atoms with Gasteiger partial charge in [0.15, 0.2) is 0 Å². The zero-order valence-corrected chi connectivity index (χ0v) is 17.5. The average Bonchev–Trinajstić information content (AvgIpc) is 3.06. The molecule has 2 aromatic rings. The standard InChI is InChI=1S/C24H37N3/c1-18(2)19-8-10-21(11-9-19)26-14-12-22(13-15-26)27-23(17-25-3)16-20-6-4-5-7-24(20)27/h4-7,16,18-19,21-22,25H,8-15,17H2,1-3H3. The van der Waals surface area contributed by atoms with Gasteiger partial charge >= 0.3 is 0 Å². The molecule has 3 nitrogen and oxygen atoms in total. The monoisotopic (exact) mass is 367 g/mol. The summed E-state index contributed by atoms with van der Waals surface area (Å²) < 4.78 is 2.64. The average molecular weight is 368 g/mol. The third-order valence-electron chi connectivity index (χ3n) is 7.25. The molecule has 1 aromatic heterocycles. The molecule has 0 amide bonds. The molecule has 3 heteroatoms. The largest absolute Gasteiger partial charge is 0.340 e. The van der Waals surface area contributed by atoms with Crippen LogP contribution in [0.1, 0.15) is 64.1 Å². The van der Waals surface area contributed by atoms with Crippen molar-refractivity contribution >= 4 is 10.9 Å². The molecular weight excluding hydrogens is 330 g/mol. The minimum Gasteiger partial charge on any atom is -0.340 e. The molecule has 2 heterocycles. The number of nitrogens with one attached hydrogen (secondary N) is 1. The van der Waals surface area contributed by atoms with E-state index in [2.05, 4.69) is 66.0 Å². The molecule has 1 saturated carbocycles. The summed E-state index contributed by atoms with van der Waals surface area (Å²) >= 11 is 0. The summed E-state index contributed by atoms with van der Waals surface area (Å²) in [6, 6.07) is 12.8. The van der Waals surface area contributed by atoms with E-state index in [9.17, 15) is 0 Å². The Morgan fingerprint density at radius 2 is 1.67 bits per heavy atom. The van der Waals surface area contributed by atoms with Gasteiger partial charge in [0, 0.05) is 42.9 Å². The van der Waals surface area contributed by atoms with Crippen LogP contribution in [-0.2, 0) is 6.54 Å². The van der Waals surface area contributed by atoms with Gasteiger partial charge in [-0.15, -0.1) is 0 Å². The lowest BCUT2D eigenvalue weighted by Crippen LogP contribution is -2.44.